The normalized spacial score (nSPS) is 12.9. The van der Waals surface area contributed by atoms with Crippen LogP contribution in [-0.2, 0) is 6.42 Å². The van der Waals surface area contributed by atoms with Crippen LogP contribution in [0.1, 0.15) is 25.3 Å². The molecule has 0 aromatic heterocycles. The summed E-state index contributed by atoms with van der Waals surface area (Å²) in [5.41, 5.74) is 6.80. The van der Waals surface area contributed by atoms with E-state index in [1.165, 1.54) is 12.1 Å². The van der Waals surface area contributed by atoms with Crippen LogP contribution in [0.5, 0.6) is 0 Å². The molecule has 0 unspecified atom stereocenters. The number of rotatable bonds is 4. The van der Waals surface area contributed by atoms with Gasteiger partial charge in [0.25, 0.3) is 0 Å². The molecule has 1 nitrogen and oxygen atoms in total. The number of halogens is 2. The molecule has 0 aliphatic carbocycles. The highest BCUT2D eigenvalue weighted by Crippen LogP contribution is 2.19. The Morgan fingerprint density at radius 1 is 1.50 bits per heavy atom. The molecule has 1 aromatic rings. The van der Waals surface area contributed by atoms with Crippen LogP contribution < -0.4 is 5.73 Å². The molecule has 1 rings (SSSR count). The van der Waals surface area contributed by atoms with Gasteiger partial charge in [-0.1, -0.05) is 31.0 Å². The van der Waals surface area contributed by atoms with Crippen LogP contribution in [0, 0.1) is 5.82 Å². The topological polar surface area (TPSA) is 26.0 Å². The summed E-state index contributed by atoms with van der Waals surface area (Å²) in [5, 5.41) is 0.469. The third-order valence-electron chi connectivity index (χ3n) is 2.16. The lowest BCUT2D eigenvalue weighted by atomic mass is 10.0. The van der Waals surface area contributed by atoms with Gasteiger partial charge in [-0.3, -0.25) is 0 Å². The summed E-state index contributed by atoms with van der Waals surface area (Å²) in [6, 6.07) is 4.56. The molecule has 0 heterocycles. The van der Waals surface area contributed by atoms with Gasteiger partial charge in [0.2, 0.25) is 0 Å². The van der Waals surface area contributed by atoms with Gasteiger partial charge >= 0.3 is 0 Å². The maximum Gasteiger partial charge on any atom is 0.124 e. The molecule has 78 valence electrons. The number of benzene rings is 1. The SMILES string of the molecule is CCC[C@H](N)Cc1ccc(F)cc1Cl. The summed E-state index contributed by atoms with van der Waals surface area (Å²) in [7, 11) is 0. The van der Waals surface area contributed by atoms with E-state index in [2.05, 4.69) is 6.92 Å². The van der Waals surface area contributed by atoms with Crippen molar-refractivity contribution >= 4 is 11.6 Å². The van der Waals surface area contributed by atoms with Gasteiger partial charge in [-0.15, -0.1) is 0 Å². The van der Waals surface area contributed by atoms with E-state index >= 15 is 0 Å². The third-order valence-corrected chi connectivity index (χ3v) is 2.51. The predicted molar refractivity (Wildman–Crippen MR) is 58.0 cm³/mol. The molecule has 0 fully saturated rings. The fourth-order valence-corrected chi connectivity index (χ4v) is 1.69. The summed E-state index contributed by atoms with van der Waals surface area (Å²) in [4.78, 5) is 0. The van der Waals surface area contributed by atoms with Gasteiger partial charge in [0.1, 0.15) is 5.82 Å². The predicted octanol–water partition coefficient (Wildman–Crippen LogP) is 3.15. The first kappa shape index (κ1) is 11.5. The summed E-state index contributed by atoms with van der Waals surface area (Å²) < 4.78 is 12.7. The Morgan fingerprint density at radius 3 is 2.79 bits per heavy atom. The molecule has 0 saturated heterocycles. The van der Waals surface area contributed by atoms with E-state index in [1.54, 1.807) is 6.07 Å². The van der Waals surface area contributed by atoms with E-state index in [-0.39, 0.29) is 11.9 Å². The average molecular weight is 216 g/mol. The Kier molecular flexibility index (Phi) is 4.36. The molecule has 2 N–H and O–H groups in total. The lowest BCUT2D eigenvalue weighted by Crippen LogP contribution is -2.22. The zero-order valence-electron chi connectivity index (χ0n) is 8.26. The van der Waals surface area contributed by atoms with Crippen LogP contribution in [0.4, 0.5) is 4.39 Å². The Labute approximate surface area is 89.1 Å². The molecular formula is C11H15ClFN. The van der Waals surface area contributed by atoms with Crippen molar-refractivity contribution < 1.29 is 4.39 Å². The molecule has 1 aromatic carbocycles. The summed E-state index contributed by atoms with van der Waals surface area (Å²) in [5.74, 6) is -0.303. The molecule has 0 aliphatic rings. The van der Waals surface area contributed by atoms with Crippen molar-refractivity contribution in [2.45, 2.75) is 32.2 Å². The van der Waals surface area contributed by atoms with Crippen molar-refractivity contribution in [3.05, 3.63) is 34.6 Å². The number of hydrogen-bond donors (Lipinski definition) is 1. The summed E-state index contributed by atoms with van der Waals surface area (Å²) in [6.07, 6.45) is 2.74. The largest absolute Gasteiger partial charge is 0.327 e. The van der Waals surface area contributed by atoms with Crippen LogP contribution in [-0.4, -0.2) is 6.04 Å². The minimum absolute atomic E-state index is 0.114. The van der Waals surface area contributed by atoms with Crippen LogP contribution in [0.15, 0.2) is 18.2 Å². The zero-order chi connectivity index (χ0) is 10.6. The molecule has 1 atom stereocenters. The Hall–Kier alpha value is -0.600. The van der Waals surface area contributed by atoms with Crippen LogP contribution in [0.3, 0.4) is 0 Å². The lowest BCUT2D eigenvalue weighted by molar-refractivity contribution is 0.597. The minimum atomic E-state index is -0.303. The minimum Gasteiger partial charge on any atom is -0.327 e. The van der Waals surface area contributed by atoms with Crippen molar-refractivity contribution in [2.75, 3.05) is 0 Å². The monoisotopic (exact) mass is 215 g/mol. The molecule has 0 saturated carbocycles. The van der Waals surface area contributed by atoms with Gasteiger partial charge in [-0.25, -0.2) is 4.39 Å². The summed E-state index contributed by atoms with van der Waals surface area (Å²) in [6.45, 7) is 2.09. The van der Waals surface area contributed by atoms with E-state index in [0.29, 0.717) is 11.4 Å². The molecular weight excluding hydrogens is 201 g/mol. The molecule has 0 radical (unpaired) electrons. The van der Waals surface area contributed by atoms with Crippen molar-refractivity contribution in [1.82, 2.24) is 0 Å². The molecule has 0 amide bonds. The molecule has 14 heavy (non-hydrogen) atoms. The second kappa shape index (κ2) is 5.32. The first-order chi connectivity index (χ1) is 6.63. The Balaban J connectivity index is 2.67. The van der Waals surface area contributed by atoms with Gasteiger partial charge in [-0.2, -0.15) is 0 Å². The second-order valence-corrected chi connectivity index (χ2v) is 3.90. The van der Waals surface area contributed by atoms with E-state index in [0.717, 1.165) is 18.4 Å². The van der Waals surface area contributed by atoms with Crippen molar-refractivity contribution in [2.24, 2.45) is 5.73 Å². The highest BCUT2D eigenvalue weighted by atomic mass is 35.5. The van der Waals surface area contributed by atoms with Crippen LogP contribution >= 0.6 is 11.6 Å². The maximum atomic E-state index is 12.7. The van der Waals surface area contributed by atoms with Crippen LogP contribution in [0.2, 0.25) is 5.02 Å². The third kappa shape index (κ3) is 3.28. The van der Waals surface area contributed by atoms with Gasteiger partial charge in [0, 0.05) is 11.1 Å². The fraction of sp³-hybridized carbons (Fsp3) is 0.455. The van der Waals surface area contributed by atoms with E-state index in [9.17, 15) is 4.39 Å². The van der Waals surface area contributed by atoms with E-state index in [4.69, 9.17) is 17.3 Å². The van der Waals surface area contributed by atoms with E-state index in [1.807, 2.05) is 0 Å². The molecule has 0 aliphatic heterocycles. The van der Waals surface area contributed by atoms with E-state index < -0.39 is 0 Å². The van der Waals surface area contributed by atoms with Gasteiger partial charge in [0.05, 0.1) is 0 Å². The molecule has 0 spiro atoms. The van der Waals surface area contributed by atoms with Crippen molar-refractivity contribution in [3.63, 3.8) is 0 Å². The smallest absolute Gasteiger partial charge is 0.124 e. The molecule has 0 bridgehead atoms. The first-order valence-electron chi connectivity index (χ1n) is 4.83. The lowest BCUT2D eigenvalue weighted by Gasteiger charge is -2.11. The zero-order valence-corrected chi connectivity index (χ0v) is 9.02. The number of hydrogen-bond acceptors (Lipinski definition) is 1. The van der Waals surface area contributed by atoms with Gasteiger partial charge in [-0.05, 0) is 30.5 Å². The standard InChI is InChI=1S/C11H15ClFN/c1-2-3-10(14)6-8-4-5-9(13)7-11(8)12/h4-5,7,10H,2-3,6,14H2,1H3/t10-/m0/s1. The van der Waals surface area contributed by atoms with Crippen molar-refractivity contribution in [1.29, 1.82) is 0 Å². The summed E-state index contributed by atoms with van der Waals surface area (Å²) >= 11 is 5.88. The van der Waals surface area contributed by atoms with Crippen LogP contribution in [0.25, 0.3) is 0 Å². The highest BCUT2D eigenvalue weighted by Gasteiger charge is 2.06. The first-order valence-corrected chi connectivity index (χ1v) is 5.20. The highest BCUT2D eigenvalue weighted by molar-refractivity contribution is 6.31. The second-order valence-electron chi connectivity index (χ2n) is 3.49. The quantitative estimate of drug-likeness (QED) is 0.821. The van der Waals surface area contributed by atoms with Gasteiger partial charge in [0.15, 0.2) is 0 Å². The Morgan fingerprint density at radius 2 is 2.21 bits per heavy atom. The fourth-order valence-electron chi connectivity index (χ4n) is 1.44. The van der Waals surface area contributed by atoms with Crippen molar-refractivity contribution in [3.8, 4) is 0 Å². The Bertz CT molecular complexity index is 301. The average Bonchev–Trinajstić information content (AvgIpc) is 2.10. The number of nitrogens with two attached hydrogens (primary N) is 1. The van der Waals surface area contributed by atoms with Gasteiger partial charge < -0.3 is 5.73 Å². The maximum absolute atomic E-state index is 12.7. The molecule has 3 heteroatoms.